The molecule has 0 saturated carbocycles. The van der Waals surface area contributed by atoms with Gasteiger partial charge in [0.05, 0.1) is 32.9 Å². The van der Waals surface area contributed by atoms with Crippen LogP contribution < -0.4 is 4.74 Å². The van der Waals surface area contributed by atoms with Crippen LogP contribution in [0.2, 0.25) is 0 Å². The van der Waals surface area contributed by atoms with Gasteiger partial charge in [0.1, 0.15) is 11.9 Å². The Morgan fingerprint density at radius 1 is 1.03 bits per heavy atom. The van der Waals surface area contributed by atoms with Crippen molar-refractivity contribution in [2.24, 2.45) is 0 Å². The van der Waals surface area contributed by atoms with Gasteiger partial charge in [0, 0.05) is 38.2 Å². The third-order valence-electron chi connectivity index (χ3n) is 6.28. The zero-order valence-electron chi connectivity index (χ0n) is 21.4. The predicted octanol–water partition coefficient (Wildman–Crippen LogP) is 3.23. The summed E-state index contributed by atoms with van der Waals surface area (Å²) in [4.78, 5) is 36.2. The lowest BCUT2D eigenvalue weighted by Gasteiger charge is -2.31. The number of ether oxygens (including phenoxy) is 3. The maximum absolute atomic E-state index is 12.8. The summed E-state index contributed by atoms with van der Waals surface area (Å²) in [5.41, 5.74) is 2.30. The van der Waals surface area contributed by atoms with Crippen LogP contribution in [0.25, 0.3) is 0 Å². The zero-order chi connectivity index (χ0) is 27.3. The molecule has 2 aliphatic heterocycles. The fourth-order valence-corrected chi connectivity index (χ4v) is 4.38. The topological polar surface area (TPSA) is 126 Å². The molecule has 0 aliphatic carbocycles. The number of amides is 1. The van der Waals surface area contributed by atoms with Crippen LogP contribution in [-0.4, -0.2) is 90.7 Å². The number of benzene rings is 2. The van der Waals surface area contributed by atoms with Crippen LogP contribution in [0.5, 0.6) is 5.75 Å². The highest BCUT2D eigenvalue weighted by Gasteiger charge is 2.36. The minimum absolute atomic E-state index is 0.0161. The molecule has 2 atom stereocenters. The molecule has 2 aromatic carbocycles. The van der Waals surface area contributed by atoms with E-state index in [0.29, 0.717) is 25.1 Å². The summed E-state index contributed by atoms with van der Waals surface area (Å²) < 4.78 is 16.4. The van der Waals surface area contributed by atoms with Crippen molar-refractivity contribution < 1.29 is 38.8 Å². The molecule has 4 rings (SSSR count). The molecule has 0 aromatic heterocycles. The van der Waals surface area contributed by atoms with Crippen molar-refractivity contribution in [1.82, 2.24) is 9.80 Å². The Morgan fingerprint density at radius 3 is 2.24 bits per heavy atom. The van der Waals surface area contributed by atoms with Crippen molar-refractivity contribution in [1.29, 1.82) is 0 Å². The normalized spacial score (nSPS) is 18.4. The summed E-state index contributed by atoms with van der Waals surface area (Å²) in [6, 6.07) is 18.3. The highest BCUT2D eigenvalue weighted by atomic mass is 16.6. The second-order valence-electron chi connectivity index (χ2n) is 8.89. The fraction of sp³-hybridized carbons (Fsp3) is 0.393. The van der Waals surface area contributed by atoms with E-state index in [-0.39, 0.29) is 18.2 Å². The molecule has 2 aromatic rings. The van der Waals surface area contributed by atoms with Crippen molar-refractivity contribution in [3.63, 3.8) is 0 Å². The number of hydrogen-bond acceptors (Lipinski definition) is 7. The Bertz CT molecular complexity index is 1050. The van der Waals surface area contributed by atoms with Crippen LogP contribution in [0, 0.1) is 0 Å². The lowest BCUT2D eigenvalue weighted by molar-refractivity contribution is -0.134. The first-order valence-corrected chi connectivity index (χ1v) is 12.4. The Morgan fingerprint density at radius 2 is 1.66 bits per heavy atom. The van der Waals surface area contributed by atoms with Crippen LogP contribution in [0.15, 0.2) is 66.7 Å². The summed E-state index contributed by atoms with van der Waals surface area (Å²) in [5, 5.41) is 15.6. The Balaban J connectivity index is 0.000000436. The van der Waals surface area contributed by atoms with Crippen LogP contribution in [0.1, 0.15) is 23.6 Å². The van der Waals surface area contributed by atoms with Crippen molar-refractivity contribution in [2.45, 2.75) is 25.0 Å². The van der Waals surface area contributed by atoms with Gasteiger partial charge in [-0.1, -0.05) is 42.5 Å². The number of hydrogen-bond donors (Lipinski definition) is 2. The first-order chi connectivity index (χ1) is 18.4. The minimum Gasteiger partial charge on any atom is -0.497 e. The van der Waals surface area contributed by atoms with E-state index in [0.717, 1.165) is 56.1 Å². The van der Waals surface area contributed by atoms with Gasteiger partial charge in [0.25, 0.3) is 0 Å². The largest absolute Gasteiger partial charge is 0.497 e. The molecule has 0 bridgehead atoms. The van der Waals surface area contributed by atoms with E-state index in [1.54, 1.807) is 7.11 Å². The maximum atomic E-state index is 12.8. The van der Waals surface area contributed by atoms with E-state index >= 15 is 0 Å². The molecule has 2 unspecified atom stereocenters. The molecular weight excluding hydrogens is 492 g/mol. The van der Waals surface area contributed by atoms with Crippen molar-refractivity contribution in [3.8, 4) is 5.75 Å². The maximum Gasteiger partial charge on any atom is 0.410 e. The van der Waals surface area contributed by atoms with E-state index in [4.69, 9.17) is 24.4 Å². The van der Waals surface area contributed by atoms with Crippen molar-refractivity contribution >= 4 is 18.0 Å². The number of rotatable bonds is 10. The Labute approximate surface area is 222 Å². The van der Waals surface area contributed by atoms with E-state index < -0.39 is 11.9 Å². The number of aliphatic carboxylic acids is 2. The third-order valence-corrected chi connectivity index (χ3v) is 6.28. The molecule has 1 amide bonds. The summed E-state index contributed by atoms with van der Waals surface area (Å²) in [6.07, 6.45) is 2.35. The van der Waals surface area contributed by atoms with Gasteiger partial charge in [-0.15, -0.1) is 0 Å². The standard InChI is InChI=1S/C24H30N2O4.C4H4O4/c1-28-21-9-7-19(8-10-21)17-22-18-26(24(27)30-22)23(20-5-3-2-4-6-20)11-12-25-13-15-29-16-14-25;5-3(6)1-2-4(7)8/h2-10,22-23H,11-18H2,1H3;1-2H,(H,5,6)(H,7,8)/b;2-1+. The first-order valence-electron chi connectivity index (χ1n) is 12.4. The molecule has 2 fully saturated rings. The third kappa shape index (κ3) is 9.20. The molecule has 38 heavy (non-hydrogen) atoms. The number of carbonyl (C=O) groups excluding carboxylic acids is 1. The Hall–Kier alpha value is -3.89. The molecule has 2 aliphatic rings. The average molecular weight is 527 g/mol. The molecular formula is C28H34N2O8. The van der Waals surface area contributed by atoms with Gasteiger partial charge in [-0.3, -0.25) is 9.80 Å². The Kier molecular flexibility index (Phi) is 11.1. The molecule has 0 radical (unpaired) electrons. The van der Waals surface area contributed by atoms with E-state index in [2.05, 4.69) is 17.0 Å². The lowest BCUT2D eigenvalue weighted by Crippen LogP contribution is -2.39. The van der Waals surface area contributed by atoms with Crippen LogP contribution in [0.3, 0.4) is 0 Å². The highest BCUT2D eigenvalue weighted by Crippen LogP contribution is 2.30. The molecule has 10 heteroatoms. The summed E-state index contributed by atoms with van der Waals surface area (Å²) in [6.45, 7) is 5.01. The zero-order valence-corrected chi connectivity index (χ0v) is 21.4. The monoisotopic (exact) mass is 526 g/mol. The van der Waals surface area contributed by atoms with E-state index in [1.165, 1.54) is 0 Å². The van der Waals surface area contributed by atoms with Gasteiger partial charge in [0.2, 0.25) is 0 Å². The lowest BCUT2D eigenvalue weighted by atomic mass is 10.0. The summed E-state index contributed by atoms with van der Waals surface area (Å²) >= 11 is 0. The van der Waals surface area contributed by atoms with Gasteiger partial charge in [-0.2, -0.15) is 0 Å². The second kappa shape index (κ2) is 14.7. The molecule has 2 heterocycles. The van der Waals surface area contributed by atoms with Gasteiger partial charge in [0.15, 0.2) is 0 Å². The summed E-state index contributed by atoms with van der Waals surface area (Å²) in [5.74, 6) is -1.68. The van der Waals surface area contributed by atoms with Crippen LogP contribution in [0.4, 0.5) is 4.79 Å². The molecule has 0 spiro atoms. The molecule has 2 N–H and O–H groups in total. The van der Waals surface area contributed by atoms with Gasteiger partial charge in [-0.25, -0.2) is 14.4 Å². The van der Waals surface area contributed by atoms with Crippen LogP contribution in [-0.2, 0) is 25.5 Å². The van der Waals surface area contributed by atoms with Gasteiger partial charge < -0.3 is 24.4 Å². The predicted molar refractivity (Wildman–Crippen MR) is 139 cm³/mol. The van der Waals surface area contributed by atoms with Crippen molar-refractivity contribution in [3.05, 3.63) is 77.9 Å². The average Bonchev–Trinajstić information content (AvgIpc) is 3.29. The molecule has 10 nitrogen and oxygen atoms in total. The fourth-order valence-electron chi connectivity index (χ4n) is 4.38. The second-order valence-corrected chi connectivity index (χ2v) is 8.89. The highest BCUT2D eigenvalue weighted by molar-refractivity contribution is 5.89. The minimum atomic E-state index is -1.26. The SMILES string of the molecule is COc1ccc(CC2CN(C(CCN3CCOCC3)c3ccccc3)C(=O)O2)cc1.O=C(O)/C=C/C(=O)O. The first kappa shape index (κ1) is 28.7. The quantitative estimate of drug-likeness (QED) is 0.449. The smallest absolute Gasteiger partial charge is 0.410 e. The summed E-state index contributed by atoms with van der Waals surface area (Å²) in [7, 11) is 1.66. The number of morpholine rings is 1. The number of nitrogens with zero attached hydrogens (tertiary/aromatic N) is 2. The van der Waals surface area contributed by atoms with Crippen LogP contribution >= 0.6 is 0 Å². The van der Waals surface area contributed by atoms with E-state index in [1.807, 2.05) is 47.4 Å². The number of cyclic esters (lactones) is 1. The van der Waals surface area contributed by atoms with E-state index in [9.17, 15) is 14.4 Å². The van der Waals surface area contributed by atoms with Gasteiger partial charge in [-0.05, 0) is 29.7 Å². The van der Waals surface area contributed by atoms with Gasteiger partial charge >= 0.3 is 18.0 Å². The number of carboxylic acid groups (broad SMARTS) is 2. The molecule has 2 saturated heterocycles. The number of methoxy groups -OCH3 is 1. The van der Waals surface area contributed by atoms with Crippen molar-refractivity contribution in [2.75, 3.05) is 46.5 Å². The number of carboxylic acids is 2. The molecule has 204 valence electrons. The number of carbonyl (C=O) groups is 3.